The van der Waals surface area contributed by atoms with Crippen molar-refractivity contribution in [3.63, 3.8) is 0 Å². The molecule has 0 amide bonds. The zero-order chi connectivity index (χ0) is 5.21. The molecule has 0 spiro atoms. The van der Waals surface area contributed by atoms with E-state index < -0.39 is 7.82 Å². The molecule has 7 heteroatoms. The Balaban J connectivity index is 0. The van der Waals surface area contributed by atoms with Gasteiger partial charge in [-0.25, -0.2) is 4.57 Å². The number of hydrogen-bond donors (Lipinski definition) is 2. The van der Waals surface area contributed by atoms with Crippen molar-refractivity contribution in [1.29, 1.82) is 0 Å². The van der Waals surface area contributed by atoms with Gasteiger partial charge in [0.05, 0.1) is 11.9 Å². The summed E-state index contributed by atoms with van der Waals surface area (Å²) in [7, 11) is -4.38. The Labute approximate surface area is 65.4 Å². The predicted molar refractivity (Wildman–Crippen MR) is 19.0 cm³/mol. The molecule has 0 bridgehead atoms. The monoisotopic (exact) mass is 246 g/mol. The molecule has 0 aromatic carbocycles. The van der Waals surface area contributed by atoms with Gasteiger partial charge < -0.3 is 9.79 Å². The topological polar surface area (TPSA) is 66.8 Å². The zero-order valence-electron chi connectivity index (χ0n) is 3.24. The van der Waals surface area contributed by atoms with Crippen LogP contribution in [0.25, 0.3) is 0 Å². The predicted octanol–water partition coefficient (Wildman–Crippen LogP) is 0.247. The maximum absolute atomic E-state index is 9.34. The van der Waals surface area contributed by atoms with E-state index in [1.54, 1.807) is 0 Å². The van der Waals surface area contributed by atoms with Gasteiger partial charge in [-0.05, 0) is 0 Å². The van der Waals surface area contributed by atoms with Gasteiger partial charge in [0, 0.05) is 27.3 Å². The van der Waals surface area contributed by atoms with Crippen LogP contribution < -0.4 is 0 Å². The molecule has 4 nitrogen and oxygen atoms in total. The van der Waals surface area contributed by atoms with Gasteiger partial charge >= 0.3 is 7.82 Å². The largest absolute Gasteiger partial charge is 0.486 e. The minimum atomic E-state index is -4.38. The molecule has 7 heavy (non-hydrogen) atoms. The van der Waals surface area contributed by atoms with Crippen LogP contribution in [-0.4, -0.2) is 9.79 Å². The number of hydrogen-bond acceptors (Lipinski definition) is 2. The summed E-state index contributed by atoms with van der Waals surface area (Å²) < 4.78 is 12.4. The quantitative estimate of drug-likeness (QED) is 0.513. The van der Waals surface area contributed by atoms with E-state index in [0.717, 1.165) is 0 Å². The summed E-state index contributed by atoms with van der Waals surface area (Å²) in [4.78, 5) is 15.2. The second-order valence-electron chi connectivity index (χ2n) is 0.560. The molecule has 0 saturated carbocycles. The molecular formula is H2CdClO4P. The first-order valence-corrected chi connectivity index (χ1v) is 2.76. The molecule has 0 aliphatic carbocycles. The van der Waals surface area contributed by atoms with Crippen LogP contribution in [0.3, 0.4) is 0 Å². The van der Waals surface area contributed by atoms with Crippen LogP contribution in [-0.2, 0) is 35.9 Å². The minimum Gasteiger partial charge on any atom is -0.302 e. The molecule has 0 aliphatic heterocycles. The van der Waals surface area contributed by atoms with Gasteiger partial charge in [0.1, 0.15) is 0 Å². The van der Waals surface area contributed by atoms with E-state index >= 15 is 0 Å². The van der Waals surface area contributed by atoms with Gasteiger partial charge in [-0.3, -0.25) is 0 Å². The van der Waals surface area contributed by atoms with Crippen LogP contribution >= 0.6 is 19.7 Å². The molecule has 40 valence electrons. The Kier molecular flexibility index (Phi) is 6.74. The van der Waals surface area contributed by atoms with Crippen LogP contribution in [0, 0.1) is 0 Å². The summed E-state index contributed by atoms with van der Waals surface area (Å²) in [6.45, 7) is 0. The molecule has 0 rings (SSSR count). The normalized spacial score (nSPS) is 10.1. The van der Waals surface area contributed by atoms with Gasteiger partial charge in [-0.1, -0.05) is 0 Å². The average molecular weight is 245 g/mol. The van der Waals surface area contributed by atoms with Gasteiger partial charge in [0.15, 0.2) is 0 Å². The third-order valence-corrected chi connectivity index (χ3v) is 0.809. The maximum atomic E-state index is 9.34. The van der Waals surface area contributed by atoms with Crippen molar-refractivity contribution in [1.82, 2.24) is 0 Å². The molecule has 0 fully saturated rings. The van der Waals surface area contributed by atoms with Gasteiger partial charge in [-0.15, -0.1) is 0 Å². The Morgan fingerprint density at radius 2 is 1.71 bits per heavy atom. The fraction of sp³-hybridized carbons (Fsp3) is 0. The maximum Gasteiger partial charge on any atom is 0.486 e. The SMILES string of the molecule is O=P(O)(O)OCl.[Cd]. The van der Waals surface area contributed by atoms with Crippen LogP contribution in [0.5, 0.6) is 0 Å². The summed E-state index contributed by atoms with van der Waals surface area (Å²) in [5, 5.41) is 0. The van der Waals surface area contributed by atoms with Crippen LogP contribution in [0.4, 0.5) is 0 Å². The van der Waals surface area contributed by atoms with Crippen molar-refractivity contribution >= 4 is 19.7 Å². The summed E-state index contributed by atoms with van der Waals surface area (Å²) in [5.74, 6) is 0. The molecule has 0 saturated heterocycles. The van der Waals surface area contributed by atoms with E-state index in [0.29, 0.717) is 0 Å². The van der Waals surface area contributed by atoms with E-state index in [-0.39, 0.29) is 27.3 Å². The number of rotatable bonds is 1. The van der Waals surface area contributed by atoms with Gasteiger partial charge in [0.25, 0.3) is 0 Å². The Morgan fingerprint density at radius 3 is 1.71 bits per heavy atom. The Bertz CT molecular complexity index is 75.8. The first-order chi connectivity index (χ1) is 2.56. The third-order valence-electron chi connectivity index (χ3n) is 0.0899. The minimum absolute atomic E-state index is 0. The van der Waals surface area contributed by atoms with E-state index in [1.807, 2.05) is 0 Å². The molecule has 0 heterocycles. The Hall–Kier alpha value is 1.32. The number of phosphoric acid groups is 1. The molecule has 2 N–H and O–H groups in total. The van der Waals surface area contributed by atoms with E-state index in [4.69, 9.17) is 9.79 Å². The molecule has 0 radical (unpaired) electrons. The zero-order valence-corrected chi connectivity index (χ0v) is 8.93. The summed E-state index contributed by atoms with van der Waals surface area (Å²) in [5.41, 5.74) is 0. The second kappa shape index (κ2) is 4.23. The molecule has 0 aromatic heterocycles. The standard InChI is InChI=1S/Cd.ClH2O4P/c;1-5-6(2,3)4/h;(H2,2,3,4). The van der Waals surface area contributed by atoms with Crippen LogP contribution in [0.2, 0.25) is 0 Å². The van der Waals surface area contributed by atoms with Gasteiger partial charge in [0.2, 0.25) is 0 Å². The van der Waals surface area contributed by atoms with Crippen LogP contribution in [0.1, 0.15) is 0 Å². The van der Waals surface area contributed by atoms with Crippen molar-refractivity contribution in [3.8, 4) is 0 Å². The number of halogens is 1. The molecule has 0 atom stereocenters. The third kappa shape index (κ3) is 11.1. The second-order valence-corrected chi connectivity index (χ2v) is 2.09. The summed E-state index contributed by atoms with van der Waals surface area (Å²) >= 11 is 4.21. The average Bonchev–Trinajstić information content (AvgIpc) is 1.35. The fourth-order valence-corrected chi connectivity index (χ4v) is 0. The first-order valence-electron chi connectivity index (χ1n) is 0.919. The molecule has 0 aromatic rings. The van der Waals surface area contributed by atoms with Crippen LogP contribution in [0.15, 0.2) is 0 Å². The van der Waals surface area contributed by atoms with Crippen molar-refractivity contribution in [3.05, 3.63) is 0 Å². The molecular weight excluding hydrogens is 243 g/mol. The van der Waals surface area contributed by atoms with Gasteiger partial charge in [-0.2, -0.15) is 4.08 Å². The van der Waals surface area contributed by atoms with E-state index in [1.165, 1.54) is 0 Å². The smallest absolute Gasteiger partial charge is 0.302 e. The van der Waals surface area contributed by atoms with Crippen molar-refractivity contribution in [2.75, 3.05) is 0 Å². The van der Waals surface area contributed by atoms with E-state index in [2.05, 4.69) is 15.9 Å². The van der Waals surface area contributed by atoms with E-state index in [9.17, 15) is 4.57 Å². The first kappa shape index (κ1) is 11.2. The van der Waals surface area contributed by atoms with Crippen molar-refractivity contribution in [2.24, 2.45) is 0 Å². The summed E-state index contributed by atoms with van der Waals surface area (Å²) in [6.07, 6.45) is 0. The molecule has 0 unspecified atom stereocenters. The molecule has 0 aliphatic rings. The fourth-order valence-electron chi connectivity index (χ4n) is 0. The summed E-state index contributed by atoms with van der Waals surface area (Å²) in [6, 6.07) is 0. The van der Waals surface area contributed by atoms with Crippen molar-refractivity contribution < 1.29 is 45.7 Å². The van der Waals surface area contributed by atoms with Crippen molar-refractivity contribution in [2.45, 2.75) is 0 Å². The Morgan fingerprint density at radius 1 is 1.57 bits per heavy atom.